The molecule has 0 saturated heterocycles. The van der Waals surface area contributed by atoms with Crippen molar-refractivity contribution in [2.75, 3.05) is 0 Å². The molecule has 1 saturated carbocycles. The first kappa shape index (κ1) is 13.6. The number of nitrogens with zero attached hydrogens (tertiary/aromatic N) is 2. The van der Waals surface area contributed by atoms with Crippen molar-refractivity contribution in [3.05, 3.63) is 27.4 Å². The van der Waals surface area contributed by atoms with Gasteiger partial charge in [-0.15, -0.1) is 0 Å². The van der Waals surface area contributed by atoms with Gasteiger partial charge in [0.25, 0.3) is 5.56 Å². The van der Waals surface area contributed by atoms with Gasteiger partial charge in [-0.1, -0.05) is 44.7 Å². The Bertz CT molecular complexity index is 461. The fourth-order valence-corrected chi connectivity index (χ4v) is 2.93. The molecule has 0 N–H and O–H groups in total. The van der Waals surface area contributed by atoms with Crippen molar-refractivity contribution in [3.8, 4) is 0 Å². The van der Waals surface area contributed by atoms with E-state index in [0.717, 1.165) is 12.4 Å². The van der Waals surface area contributed by atoms with Gasteiger partial charge in [-0.2, -0.15) is 0 Å². The minimum atomic E-state index is -0.00993. The molecule has 0 bridgehead atoms. The van der Waals surface area contributed by atoms with Crippen LogP contribution in [0.5, 0.6) is 0 Å². The Kier molecular flexibility index (Phi) is 4.44. The van der Waals surface area contributed by atoms with Crippen molar-refractivity contribution in [3.63, 3.8) is 0 Å². The lowest BCUT2D eigenvalue weighted by atomic mass is 9.89. The van der Waals surface area contributed by atoms with Gasteiger partial charge in [-0.3, -0.25) is 9.36 Å². The molecular weight excluding hydrogens is 248 g/mol. The molecule has 18 heavy (non-hydrogen) atoms. The van der Waals surface area contributed by atoms with Crippen LogP contribution in [0.2, 0.25) is 5.15 Å². The van der Waals surface area contributed by atoms with Gasteiger partial charge in [0.05, 0.1) is 0 Å². The van der Waals surface area contributed by atoms with Gasteiger partial charge >= 0.3 is 0 Å². The van der Waals surface area contributed by atoms with Crippen molar-refractivity contribution in [1.82, 2.24) is 9.55 Å². The minimum absolute atomic E-state index is 0.00993. The van der Waals surface area contributed by atoms with Crippen LogP contribution in [0.3, 0.4) is 0 Å². The number of halogens is 1. The molecule has 2 rings (SSSR count). The van der Waals surface area contributed by atoms with E-state index in [2.05, 4.69) is 18.8 Å². The number of rotatable bonds is 3. The van der Waals surface area contributed by atoms with Crippen LogP contribution in [0.4, 0.5) is 0 Å². The zero-order valence-electron chi connectivity index (χ0n) is 11.2. The maximum absolute atomic E-state index is 12.1. The third kappa shape index (κ3) is 3.14. The van der Waals surface area contributed by atoms with Gasteiger partial charge in [0.1, 0.15) is 11.0 Å². The van der Waals surface area contributed by atoms with Crippen LogP contribution in [0.25, 0.3) is 0 Å². The molecule has 1 heterocycles. The topological polar surface area (TPSA) is 34.9 Å². The van der Waals surface area contributed by atoms with Crippen LogP contribution in [-0.4, -0.2) is 9.55 Å². The molecule has 1 aliphatic rings. The van der Waals surface area contributed by atoms with E-state index in [1.807, 2.05) is 4.57 Å². The first-order valence-corrected chi connectivity index (χ1v) is 7.23. The van der Waals surface area contributed by atoms with E-state index in [4.69, 9.17) is 11.6 Å². The molecule has 0 aliphatic heterocycles. The number of aromatic nitrogens is 2. The monoisotopic (exact) mass is 268 g/mol. The number of hydrogen-bond donors (Lipinski definition) is 0. The van der Waals surface area contributed by atoms with Crippen LogP contribution in [-0.2, 0) is 6.54 Å². The standard InChI is InChI=1S/C14H21ClN2O/c1-10(2)14-16-12(15)8-13(18)17(14)9-11-6-4-3-5-7-11/h8,10-11H,3-7,9H2,1-2H3. The predicted octanol–water partition coefficient (Wildman–Crippen LogP) is 3.60. The average molecular weight is 269 g/mol. The Morgan fingerprint density at radius 2 is 2.06 bits per heavy atom. The molecule has 0 aromatic carbocycles. The van der Waals surface area contributed by atoms with Crippen molar-refractivity contribution >= 4 is 11.6 Å². The van der Waals surface area contributed by atoms with Crippen molar-refractivity contribution in [2.45, 2.75) is 58.4 Å². The summed E-state index contributed by atoms with van der Waals surface area (Å²) in [6, 6.07) is 1.43. The third-order valence-electron chi connectivity index (χ3n) is 3.69. The van der Waals surface area contributed by atoms with Crippen molar-refractivity contribution < 1.29 is 0 Å². The van der Waals surface area contributed by atoms with E-state index in [1.165, 1.54) is 38.2 Å². The summed E-state index contributed by atoms with van der Waals surface area (Å²) in [7, 11) is 0. The molecule has 0 spiro atoms. The van der Waals surface area contributed by atoms with Gasteiger partial charge in [0.15, 0.2) is 0 Å². The Morgan fingerprint density at radius 1 is 1.39 bits per heavy atom. The smallest absolute Gasteiger partial charge is 0.254 e. The highest BCUT2D eigenvalue weighted by molar-refractivity contribution is 6.29. The highest BCUT2D eigenvalue weighted by Gasteiger charge is 2.18. The predicted molar refractivity (Wildman–Crippen MR) is 74.2 cm³/mol. The fraction of sp³-hybridized carbons (Fsp3) is 0.714. The molecule has 1 aliphatic carbocycles. The lowest BCUT2D eigenvalue weighted by molar-refractivity contribution is 0.309. The molecule has 0 atom stereocenters. The van der Waals surface area contributed by atoms with Crippen molar-refractivity contribution in [1.29, 1.82) is 0 Å². The summed E-state index contributed by atoms with van der Waals surface area (Å²) in [5.74, 6) is 1.66. The average Bonchev–Trinajstić information content (AvgIpc) is 2.33. The Morgan fingerprint density at radius 3 is 2.67 bits per heavy atom. The second kappa shape index (κ2) is 5.87. The normalized spacial score (nSPS) is 17.3. The summed E-state index contributed by atoms with van der Waals surface area (Å²) in [5, 5.41) is 0.309. The third-order valence-corrected chi connectivity index (χ3v) is 3.88. The molecule has 1 aromatic heterocycles. The highest BCUT2D eigenvalue weighted by Crippen LogP contribution is 2.25. The van der Waals surface area contributed by atoms with Crippen LogP contribution in [0.15, 0.2) is 10.9 Å². The van der Waals surface area contributed by atoms with Gasteiger partial charge in [0.2, 0.25) is 0 Å². The fourth-order valence-electron chi connectivity index (χ4n) is 2.75. The molecule has 0 radical (unpaired) electrons. The quantitative estimate of drug-likeness (QED) is 0.785. The summed E-state index contributed by atoms with van der Waals surface area (Å²) in [6.07, 6.45) is 6.37. The van der Waals surface area contributed by atoms with Crippen LogP contribution in [0, 0.1) is 5.92 Å². The molecule has 1 aromatic rings. The largest absolute Gasteiger partial charge is 0.296 e. The summed E-state index contributed by atoms with van der Waals surface area (Å²) in [5.41, 5.74) is -0.00993. The van der Waals surface area contributed by atoms with Crippen LogP contribution in [0.1, 0.15) is 57.7 Å². The van der Waals surface area contributed by atoms with E-state index in [-0.39, 0.29) is 11.5 Å². The molecule has 3 nitrogen and oxygen atoms in total. The first-order chi connectivity index (χ1) is 8.58. The van der Waals surface area contributed by atoms with E-state index in [9.17, 15) is 4.79 Å². The van der Waals surface area contributed by atoms with E-state index in [1.54, 1.807) is 0 Å². The SMILES string of the molecule is CC(C)c1nc(Cl)cc(=O)n1CC1CCCCC1. The molecule has 100 valence electrons. The lowest BCUT2D eigenvalue weighted by Crippen LogP contribution is -2.29. The first-order valence-electron chi connectivity index (χ1n) is 6.85. The Hall–Kier alpha value is -0.830. The summed E-state index contributed by atoms with van der Waals surface area (Å²) < 4.78 is 1.83. The summed E-state index contributed by atoms with van der Waals surface area (Å²) >= 11 is 5.88. The van der Waals surface area contributed by atoms with Gasteiger partial charge < -0.3 is 0 Å². The molecule has 4 heteroatoms. The lowest BCUT2D eigenvalue weighted by Gasteiger charge is -2.24. The highest BCUT2D eigenvalue weighted by atomic mass is 35.5. The second-order valence-electron chi connectivity index (χ2n) is 5.54. The van der Waals surface area contributed by atoms with Gasteiger partial charge in [-0.25, -0.2) is 4.98 Å². The summed E-state index contributed by atoms with van der Waals surface area (Å²) in [6.45, 7) is 4.90. The minimum Gasteiger partial charge on any atom is -0.296 e. The Labute approximate surface area is 113 Å². The second-order valence-corrected chi connectivity index (χ2v) is 5.93. The maximum atomic E-state index is 12.1. The van der Waals surface area contributed by atoms with Crippen LogP contribution < -0.4 is 5.56 Å². The zero-order chi connectivity index (χ0) is 13.1. The molecule has 0 amide bonds. The van der Waals surface area contributed by atoms with E-state index in [0.29, 0.717) is 11.1 Å². The Balaban J connectivity index is 2.27. The summed E-state index contributed by atoms with van der Waals surface area (Å²) in [4.78, 5) is 16.4. The molecule has 0 unspecified atom stereocenters. The zero-order valence-corrected chi connectivity index (χ0v) is 11.9. The van der Waals surface area contributed by atoms with Crippen molar-refractivity contribution in [2.24, 2.45) is 5.92 Å². The van der Waals surface area contributed by atoms with Gasteiger partial charge in [0, 0.05) is 18.5 Å². The van der Waals surface area contributed by atoms with Gasteiger partial charge in [-0.05, 0) is 18.8 Å². The number of hydrogen-bond acceptors (Lipinski definition) is 2. The van der Waals surface area contributed by atoms with E-state index >= 15 is 0 Å². The maximum Gasteiger partial charge on any atom is 0.254 e. The molecule has 1 fully saturated rings. The van der Waals surface area contributed by atoms with E-state index < -0.39 is 0 Å². The van der Waals surface area contributed by atoms with Crippen LogP contribution >= 0.6 is 11.6 Å². The molecular formula is C14H21ClN2O.